The van der Waals surface area contributed by atoms with E-state index in [0.717, 1.165) is 16.3 Å². The first-order chi connectivity index (χ1) is 10.1. The van der Waals surface area contributed by atoms with E-state index in [1.807, 2.05) is 42.5 Å². The summed E-state index contributed by atoms with van der Waals surface area (Å²) in [6.45, 7) is 1.31. The van der Waals surface area contributed by atoms with Gasteiger partial charge in [-0.3, -0.25) is 14.4 Å². The van der Waals surface area contributed by atoms with E-state index < -0.39 is 12.1 Å². The van der Waals surface area contributed by atoms with Gasteiger partial charge in [0.1, 0.15) is 12.2 Å². The van der Waals surface area contributed by atoms with Crippen LogP contribution in [0.25, 0.3) is 10.8 Å². The molecule has 1 atom stereocenters. The van der Waals surface area contributed by atoms with Crippen LogP contribution >= 0.6 is 0 Å². The molecule has 0 aliphatic heterocycles. The van der Waals surface area contributed by atoms with Crippen LogP contribution < -0.4 is 0 Å². The molecule has 2 rings (SSSR count). The number of fused-ring (bicyclic) bond motifs is 1. The lowest BCUT2D eigenvalue weighted by Gasteiger charge is -2.13. The molecule has 0 aliphatic rings. The van der Waals surface area contributed by atoms with Crippen molar-refractivity contribution in [2.75, 3.05) is 0 Å². The van der Waals surface area contributed by atoms with Crippen molar-refractivity contribution < 1.29 is 19.1 Å². The minimum absolute atomic E-state index is 0.283. The molecule has 4 heteroatoms. The number of rotatable bonds is 6. The molecule has 21 heavy (non-hydrogen) atoms. The van der Waals surface area contributed by atoms with E-state index >= 15 is 0 Å². The second kappa shape index (κ2) is 6.79. The maximum Gasteiger partial charge on any atom is 0.314 e. The molecule has 0 saturated carbocycles. The van der Waals surface area contributed by atoms with Crippen molar-refractivity contribution in [1.82, 2.24) is 0 Å². The van der Waals surface area contributed by atoms with Crippen molar-refractivity contribution in [1.29, 1.82) is 0 Å². The van der Waals surface area contributed by atoms with Crippen molar-refractivity contribution in [2.45, 2.75) is 25.9 Å². The zero-order chi connectivity index (χ0) is 15.2. The second-order valence-corrected chi connectivity index (χ2v) is 4.89. The quantitative estimate of drug-likeness (QED) is 0.464. The fraction of sp³-hybridized carbons (Fsp3) is 0.235. The molecule has 2 aromatic rings. The highest BCUT2D eigenvalue weighted by Crippen LogP contribution is 2.20. The third-order valence-corrected chi connectivity index (χ3v) is 3.13. The average Bonchev–Trinajstić information content (AvgIpc) is 2.46. The van der Waals surface area contributed by atoms with Gasteiger partial charge in [0, 0.05) is 6.42 Å². The Balaban J connectivity index is 2.15. The summed E-state index contributed by atoms with van der Waals surface area (Å²) in [5.41, 5.74) is 0.931. The molecule has 2 aromatic carbocycles. The Morgan fingerprint density at radius 3 is 2.57 bits per heavy atom. The van der Waals surface area contributed by atoms with Gasteiger partial charge >= 0.3 is 5.97 Å². The molecule has 0 radical (unpaired) electrons. The fourth-order valence-corrected chi connectivity index (χ4v) is 2.22. The van der Waals surface area contributed by atoms with Gasteiger partial charge in [-0.1, -0.05) is 42.5 Å². The predicted octanol–water partition coefficient (Wildman–Crippen LogP) is 2.47. The summed E-state index contributed by atoms with van der Waals surface area (Å²) in [6.07, 6.45) is -0.281. The van der Waals surface area contributed by atoms with Crippen molar-refractivity contribution in [2.24, 2.45) is 0 Å². The van der Waals surface area contributed by atoms with Crippen LogP contribution in [0, 0.1) is 0 Å². The molecule has 0 spiro atoms. The van der Waals surface area contributed by atoms with Gasteiger partial charge in [-0.15, -0.1) is 0 Å². The topological polar surface area (TPSA) is 60.4 Å². The molecule has 1 unspecified atom stereocenters. The maximum atomic E-state index is 11.5. The Morgan fingerprint density at radius 2 is 1.86 bits per heavy atom. The van der Waals surface area contributed by atoms with Gasteiger partial charge in [0.05, 0.1) is 0 Å². The van der Waals surface area contributed by atoms with Crippen LogP contribution in [0.3, 0.4) is 0 Å². The Morgan fingerprint density at radius 1 is 1.14 bits per heavy atom. The fourth-order valence-electron chi connectivity index (χ4n) is 2.22. The first kappa shape index (κ1) is 14.9. The monoisotopic (exact) mass is 284 g/mol. The minimum atomic E-state index is -0.873. The molecule has 0 aromatic heterocycles. The highest BCUT2D eigenvalue weighted by atomic mass is 16.5. The van der Waals surface area contributed by atoms with Gasteiger partial charge < -0.3 is 4.74 Å². The van der Waals surface area contributed by atoms with E-state index in [1.165, 1.54) is 6.92 Å². The second-order valence-electron chi connectivity index (χ2n) is 4.89. The van der Waals surface area contributed by atoms with Crippen LogP contribution in [0.15, 0.2) is 42.5 Å². The molecular weight excluding hydrogens is 268 g/mol. The zero-order valence-electron chi connectivity index (χ0n) is 11.7. The first-order valence-electron chi connectivity index (χ1n) is 6.71. The van der Waals surface area contributed by atoms with Crippen LogP contribution in [0.5, 0.6) is 0 Å². The molecule has 108 valence electrons. The number of aldehydes is 1. The van der Waals surface area contributed by atoms with Gasteiger partial charge in [0.15, 0.2) is 12.4 Å². The van der Waals surface area contributed by atoms with Crippen LogP contribution in [0.4, 0.5) is 0 Å². The van der Waals surface area contributed by atoms with E-state index in [0.29, 0.717) is 12.7 Å². The van der Waals surface area contributed by atoms with Gasteiger partial charge in [0.25, 0.3) is 0 Å². The Hall–Kier alpha value is -2.49. The molecule has 0 amide bonds. The van der Waals surface area contributed by atoms with E-state index in [2.05, 4.69) is 0 Å². The molecule has 0 N–H and O–H groups in total. The maximum absolute atomic E-state index is 11.5. The molecule has 0 heterocycles. The lowest BCUT2D eigenvalue weighted by Crippen LogP contribution is -2.23. The van der Waals surface area contributed by atoms with Gasteiger partial charge in [-0.2, -0.15) is 0 Å². The van der Waals surface area contributed by atoms with E-state index in [4.69, 9.17) is 4.74 Å². The largest absolute Gasteiger partial charge is 0.454 e. The van der Waals surface area contributed by atoms with E-state index in [-0.39, 0.29) is 12.2 Å². The number of ketones is 1. The third-order valence-electron chi connectivity index (χ3n) is 3.13. The van der Waals surface area contributed by atoms with Crippen LogP contribution in [0.2, 0.25) is 0 Å². The lowest BCUT2D eigenvalue weighted by atomic mass is 10.0. The molecule has 4 nitrogen and oxygen atoms in total. The Labute approximate surface area is 122 Å². The van der Waals surface area contributed by atoms with Crippen molar-refractivity contribution in [3.05, 3.63) is 48.0 Å². The Bertz CT molecular complexity index is 670. The summed E-state index contributed by atoms with van der Waals surface area (Å²) < 4.78 is 5.04. The van der Waals surface area contributed by atoms with Crippen molar-refractivity contribution in [3.8, 4) is 0 Å². The molecule has 0 fully saturated rings. The van der Waals surface area contributed by atoms with E-state index in [1.54, 1.807) is 0 Å². The number of benzene rings is 2. The predicted molar refractivity (Wildman–Crippen MR) is 78.9 cm³/mol. The summed E-state index contributed by atoms with van der Waals surface area (Å²) in [7, 11) is 0. The standard InChI is InChI=1S/C17H16O4/c1-12(19)9-17(20)21-15(11-18)10-14-7-4-6-13-5-2-3-8-16(13)14/h2-8,11,15H,9-10H2,1H3. The summed E-state index contributed by atoms with van der Waals surface area (Å²) >= 11 is 0. The number of carbonyl (C=O) groups is 3. The number of carbonyl (C=O) groups excluding carboxylic acids is 3. The Kier molecular flexibility index (Phi) is 4.82. The summed E-state index contributed by atoms with van der Waals surface area (Å²) in [5, 5.41) is 2.09. The van der Waals surface area contributed by atoms with Crippen molar-refractivity contribution >= 4 is 28.8 Å². The van der Waals surface area contributed by atoms with Gasteiger partial charge in [-0.25, -0.2) is 0 Å². The van der Waals surface area contributed by atoms with E-state index in [9.17, 15) is 14.4 Å². The molecule has 0 saturated heterocycles. The van der Waals surface area contributed by atoms with Gasteiger partial charge in [-0.05, 0) is 23.3 Å². The number of esters is 1. The SMILES string of the molecule is CC(=O)CC(=O)OC(C=O)Cc1cccc2ccccc12. The normalized spacial score (nSPS) is 11.9. The zero-order valence-corrected chi connectivity index (χ0v) is 11.7. The summed E-state index contributed by atoms with van der Waals surface area (Å²) in [6, 6.07) is 13.6. The van der Waals surface area contributed by atoms with Gasteiger partial charge in [0.2, 0.25) is 0 Å². The summed E-state index contributed by atoms with van der Waals surface area (Å²) in [4.78, 5) is 33.4. The molecule has 0 aliphatic carbocycles. The average molecular weight is 284 g/mol. The van der Waals surface area contributed by atoms with Crippen LogP contribution in [-0.2, 0) is 25.5 Å². The molecular formula is C17H16O4. The lowest BCUT2D eigenvalue weighted by molar-refractivity contribution is -0.153. The number of hydrogen-bond acceptors (Lipinski definition) is 4. The van der Waals surface area contributed by atoms with Crippen LogP contribution in [0.1, 0.15) is 18.9 Å². The van der Waals surface area contributed by atoms with Crippen LogP contribution in [-0.4, -0.2) is 24.1 Å². The first-order valence-corrected chi connectivity index (χ1v) is 6.71. The van der Waals surface area contributed by atoms with Crippen molar-refractivity contribution in [3.63, 3.8) is 0 Å². The third kappa shape index (κ3) is 3.99. The highest BCUT2D eigenvalue weighted by Gasteiger charge is 2.16. The number of Topliss-reactive ketones (excluding diaryl/α,β-unsaturated/α-hetero) is 1. The minimum Gasteiger partial charge on any atom is -0.454 e. The summed E-state index contributed by atoms with van der Waals surface area (Å²) in [5.74, 6) is -0.949. The smallest absolute Gasteiger partial charge is 0.314 e. The number of ether oxygens (including phenoxy) is 1. The number of hydrogen-bond donors (Lipinski definition) is 0. The molecule has 0 bridgehead atoms. The highest BCUT2D eigenvalue weighted by molar-refractivity contribution is 5.94.